The third kappa shape index (κ3) is 4.12. The van der Waals surface area contributed by atoms with Crippen molar-refractivity contribution in [2.45, 2.75) is 37.8 Å². The van der Waals surface area contributed by atoms with Gasteiger partial charge in [-0.3, -0.25) is 4.98 Å². The number of aromatic nitrogens is 1. The predicted octanol–water partition coefficient (Wildman–Crippen LogP) is 5.49. The van der Waals surface area contributed by atoms with Gasteiger partial charge >= 0.3 is 0 Å². The third-order valence-corrected chi connectivity index (χ3v) is 6.02. The molecule has 0 bridgehead atoms. The highest BCUT2D eigenvalue weighted by Gasteiger charge is 2.35. The number of halogens is 3. The Morgan fingerprint density at radius 2 is 1.88 bits per heavy atom. The first-order valence-corrected chi connectivity index (χ1v) is 10.4. The van der Waals surface area contributed by atoms with Crippen molar-refractivity contribution in [2.24, 2.45) is 0 Å². The maximum atomic E-state index is 14.7. The van der Waals surface area contributed by atoms with Crippen LogP contribution in [0.1, 0.15) is 48.9 Å². The van der Waals surface area contributed by atoms with Gasteiger partial charge in [0.25, 0.3) is 6.43 Å². The van der Waals surface area contributed by atoms with Crippen molar-refractivity contribution in [2.75, 3.05) is 25.6 Å². The van der Waals surface area contributed by atoms with Crippen LogP contribution < -0.4 is 10.1 Å². The van der Waals surface area contributed by atoms with Crippen LogP contribution in [-0.2, 0) is 10.3 Å². The van der Waals surface area contributed by atoms with Crippen LogP contribution >= 0.6 is 0 Å². The second-order valence-electron chi connectivity index (χ2n) is 7.99. The van der Waals surface area contributed by atoms with Crippen LogP contribution in [0.5, 0.6) is 5.75 Å². The lowest BCUT2D eigenvalue weighted by Gasteiger charge is -2.33. The van der Waals surface area contributed by atoms with E-state index < -0.39 is 29.4 Å². The van der Waals surface area contributed by atoms with E-state index >= 15 is 0 Å². The van der Waals surface area contributed by atoms with Crippen LogP contribution in [0.15, 0.2) is 42.6 Å². The molecule has 0 aliphatic carbocycles. The minimum absolute atomic E-state index is 0.143. The zero-order valence-electron chi connectivity index (χ0n) is 17.9. The summed E-state index contributed by atoms with van der Waals surface area (Å²) < 4.78 is 51.8. The van der Waals surface area contributed by atoms with Gasteiger partial charge in [0, 0.05) is 60.5 Å². The quantitative estimate of drug-likeness (QED) is 0.524. The SMILES string of the molecule is COc1cc2nccc(NC(C)c3cccc(C(F)F)c3F)c2cc1C1(O)CCOCC1. The van der Waals surface area contributed by atoms with E-state index in [9.17, 15) is 18.3 Å². The van der Waals surface area contributed by atoms with Gasteiger partial charge in [-0.05, 0) is 19.1 Å². The summed E-state index contributed by atoms with van der Waals surface area (Å²) in [6.07, 6.45) is -0.426. The molecule has 1 fully saturated rings. The van der Waals surface area contributed by atoms with E-state index in [2.05, 4.69) is 10.3 Å². The van der Waals surface area contributed by atoms with E-state index in [0.717, 1.165) is 6.07 Å². The van der Waals surface area contributed by atoms with Crippen LogP contribution in [0.4, 0.5) is 18.9 Å². The largest absolute Gasteiger partial charge is 0.496 e. The number of ether oxygens (including phenoxy) is 2. The minimum atomic E-state index is -2.89. The van der Waals surface area contributed by atoms with Crippen molar-refractivity contribution in [3.63, 3.8) is 0 Å². The van der Waals surface area contributed by atoms with Crippen LogP contribution in [-0.4, -0.2) is 30.4 Å². The van der Waals surface area contributed by atoms with Gasteiger partial charge in [0.2, 0.25) is 0 Å². The number of hydrogen-bond acceptors (Lipinski definition) is 5. The van der Waals surface area contributed by atoms with E-state index in [0.29, 0.717) is 54.0 Å². The van der Waals surface area contributed by atoms with Crippen molar-refractivity contribution < 1.29 is 27.8 Å². The first-order valence-electron chi connectivity index (χ1n) is 10.4. The standard InChI is InChI=1S/C24H25F3N2O3/c1-14(15-4-3-5-16(22(15)25)23(26)27)29-19-6-9-28-20-13-21(31-2)18(12-17(19)20)24(30)7-10-32-11-8-24/h3-6,9,12-14,23,30H,7-8,10-11H2,1-2H3,(H,28,29). The highest BCUT2D eigenvalue weighted by Crippen LogP contribution is 2.41. The molecule has 1 saturated heterocycles. The van der Waals surface area contributed by atoms with Gasteiger partial charge in [0.15, 0.2) is 0 Å². The molecule has 0 saturated carbocycles. The zero-order valence-corrected chi connectivity index (χ0v) is 17.9. The van der Waals surface area contributed by atoms with E-state index in [4.69, 9.17) is 9.47 Å². The Balaban J connectivity index is 1.75. The summed E-state index contributed by atoms with van der Waals surface area (Å²) in [5.41, 5.74) is 0.317. The molecular formula is C24H25F3N2O3. The van der Waals surface area contributed by atoms with Crippen molar-refractivity contribution in [3.8, 4) is 5.75 Å². The fourth-order valence-electron chi connectivity index (χ4n) is 4.19. The Hall–Kier alpha value is -2.84. The van der Waals surface area contributed by atoms with Gasteiger partial charge in [0.05, 0.1) is 29.8 Å². The fourth-order valence-corrected chi connectivity index (χ4v) is 4.19. The molecule has 5 nitrogen and oxygen atoms in total. The lowest BCUT2D eigenvalue weighted by molar-refractivity contribution is -0.0688. The number of fused-ring (bicyclic) bond motifs is 1. The molecule has 0 amide bonds. The lowest BCUT2D eigenvalue weighted by atomic mass is 9.85. The number of pyridine rings is 1. The van der Waals surface area contributed by atoms with Gasteiger partial charge < -0.3 is 19.9 Å². The third-order valence-electron chi connectivity index (χ3n) is 6.02. The van der Waals surface area contributed by atoms with E-state index in [-0.39, 0.29) is 5.56 Å². The number of rotatable bonds is 6. The number of nitrogens with zero attached hydrogens (tertiary/aromatic N) is 1. The number of methoxy groups -OCH3 is 1. The molecule has 32 heavy (non-hydrogen) atoms. The first kappa shape index (κ1) is 22.4. The van der Waals surface area contributed by atoms with Gasteiger partial charge in [-0.1, -0.05) is 18.2 Å². The summed E-state index contributed by atoms with van der Waals surface area (Å²) in [5.74, 6) is -0.394. The normalized spacial score (nSPS) is 16.8. The van der Waals surface area contributed by atoms with Crippen molar-refractivity contribution in [1.29, 1.82) is 0 Å². The number of nitrogens with one attached hydrogen (secondary N) is 1. The molecule has 4 rings (SSSR count). The van der Waals surface area contributed by atoms with Gasteiger partial charge in [-0.2, -0.15) is 0 Å². The average Bonchev–Trinajstić information content (AvgIpc) is 2.78. The Bertz CT molecular complexity index is 1120. The highest BCUT2D eigenvalue weighted by atomic mass is 19.3. The highest BCUT2D eigenvalue weighted by molar-refractivity contribution is 5.93. The second kappa shape index (κ2) is 8.96. The van der Waals surface area contributed by atoms with Crippen molar-refractivity contribution in [3.05, 3.63) is 65.1 Å². The summed E-state index contributed by atoms with van der Waals surface area (Å²) in [6, 6.07) is 8.73. The molecule has 1 aliphatic heterocycles. The molecule has 1 unspecified atom stereocenters. The summed E-state index contributed by atoms with van der Waals surface area (Å²) in [7, 11) is 1.54. The van der Waals surface area contributed by atoms with E-state index in [1.807, 2.05) is 6.07 Å². The molecule has 1 aliphatic rings. The molecule has 8 heteroatoms. The van der Waals surface area contributed by atoms with Crippen LogP contribution in [0.3, 0.4) is 0 Å². The molecule has 2 aromatic carbocycles. The Morgan fingerprint density at radius 1 is 1.16 bits per heavy atom. The summed E-state index contributed by atoms with van der Waals surface area (Å²) >= 11 is 0. The molecule has 1 atom stereocenters. The molecule has 0 radical (unpaired) electrons. The smallest absolute Gasteiger partial charge is 0.266 e. The average molecular weight is 446 g/mol. The van der Waals surface area contributed by atoms with Crippen molar-refractivity contribution >= 4 is 16.6 Å². The zero-order chi connectivity index (χ0) is 22.9. The molecule has 3 aromatic rings. The first-order chi connectivity index (χ1) is 15.3. The van der Waals surface area contributed by atoms with Crippen molar-refractivity contribution in [1.82, 2.24) is 4.98 Å². The molecule has 1 aromatic heterocycles. The molecule has 2 N–H and O–H groups in total. The van der Waals surface area contributed by atoms with Gasteiger partial charge in [-0.25, -0.2) is 13.2 Å². The molecule has 2 heterocycles. The maximum Gasteiger partial charge on any atom is 0.266 e. The van der Waals surface area contributed by atoms with E-state index in [1.165, 1.54) is 19.2 Å². The maximum absolute atomic E-state index is 14.7. The Morgan fingerprint density at radius 3 is 2.56 bits per heavy atom. The number of anilines is 1. The van der Waals surface area contributed by atoms with Gasteiger partial charge in [0.1, 0.15) is 11.6 Å². The Kier molecular flexibility index (Phi) is 6.26. The fraction of sp³-hybridized carbons (Fsp3) is 0.375. The number of alkyl halides is 2. The van der Waals surface area contributed by atoms with Gasteiger partial charge in [-0.15, -0.1) is 0 Å². The minimum Gasteiger partial charge on any atom is -0.496 e. The monoisotopic (exact) mass is 446 g/mol. The summed E-state index contributed by atoms with van der Waals surface area (Å²) in [4.78, 5) is 4.39. The summed E-state index contributed by atoms with van der Waals surface area (Å²) in [5, 5.41) is 15.2. The summed E-state index contributed by atoms with van der Waals surface area (Å²) in [6.45, 7) is 2.58. The number of benzene rings is 2. The topological polar surface area (TPSA) is 63.6 Å². The number of aliphatic hydroxyl groups is 1. The molecule has 0 spiro atoms. The van der Waals surface area contributed by atoms with Crippen LogP contribution in [0.25, 0.3) is 10.9 Å². The van der Waals surface area contributed by atoms with Crippen LogP contribution in [0.2, 0.25) is 0 Å². The lowest BCUT2D eigenvalue weighted by Crippen LogP contribution is -2.33. The van der Waals surface area contributed by atoms with E-state index in [1.54, 1.807) is 25.3 Å². The molecular weight excluding hydrogens is 421 g/mol. The second-order valence-corrected chi connectivity index (χ2v) is 7.99. The van der Waals surface area contributed by atoms with Crippen LogP contribution in [0, 0.1) is 5.82 Å². The Labute approximate surface area is 184 Å². The molecule has 170 valence electrons. The predicted molar refractivity (Wildman–Crippen MR) is 116 cm³/mol. The number of hydrogen-bond donors (Lipinski definition) is 2.